The number of nitrogens with one attached hydrogen (secondary N) is 1. The summed E-state index contributed by atoms with van der Waals surface area (Å²) in [6.07, 6.45) is 0. The number of rotatable bonds is 4. The Hall–Kier alpha value is -2.79. The van der Waals surface area contributed by atoms with Gasteiger partial charge in [0.15, 0.2) is 5.69 Å². The van der Waals surface area contributed by atoms with Crippen LogP contribution in [0.15, 0.2) is 53.3 Å². The molecule has 0 fully saturated rings. The van der Waals surface area contributed by atoms with Gasteiger partial charge in [0.2, 0.25) is 0 Å². The number of carbonyl (C=O) groups is 1. The quantitative estimate of drug-likeness (QED) is 0.760. The van der Waals surface area contributed by atoms with Crippen LogP contribution >= 0.6 is 11.6 Å². The molecule has 1 aromatic heterocycles. The van der Waals surface area contributed by atoms with E-state index in [1.54, 1.807) is 25.1 Å². The van der Waals surface area contributed by atoms with Crippen LogP contribution in [0.2, 0.25) is 5.02 Å². The maximum Gasteiger partial charge on any atom is 0.355 e. The minimum atomic E-state index is -1.19. The Morgan fingerprint density at radius 2 is 1.88 bits per heavy atom. The molecule has 122 valence electrons. The summed E-state index contributed by atoms with van der Waals surface area (Å²) in [6.45, 7) is 2.21. The van der Waals surface area contributed by atoms with Crippen molar-refractivity contribution in [1.82, 2.24) is 4.68 Å². The Morgan fingerprint density at radius 3 is 2.50 bits per heavy atom. The third-order valence-corrected chi connectivity index (χ3v) is 3.96. The van der Waals surface area contributed by atoms with E-state index in [1.165, 1.54) is 0 Å². The van der Waals surface area contributed by atoms with Crippen molar-refractivity contribution >= 4 is 28.3 Å². The zero-order valence-corrected chi connectivity index (χ0v) is 13.7. The molecule has 0 unspecified atom stereocenters. The van der Waals surface area contributed by atoms with Gasteiger partial charge in [-0.05, 0) is 36.1 Å². The highest BCUT2D eigenvalue weighted by atomic mass is 35.5. The molecule has 0 bridgehead atoms. The fraction of sp³-hybridized carbons (Fsp3) is 0.111. The lowest BCUT2D eigenvalue weighted by Crippen LogP contribution is -2.34. The van der Waals surface area contributed by atoms with Crippen LogP contribution in [0.25, 0.3) is 21.9 Å². The monoisotopic (exact) mass is 342 g/mol. The average Bonchev–Trinajstić information content (AvgIpc) is 2.57. The summed E-state index contributed by atoms with van der Waals surface area (Å²) < 4.78 is 1.10. The van der Waals surface area contributed by atoms with Crippen LogP contribution in [0, 0.1) is 0 Å². The summed E-state index contributed by atoms with van der Waals surface area (Å²) in [7, 11) is 0. The minimum Gasteiger partial charge on any atom is -0.476 e. The molecule has 5 nitrogen and oxygen atoms in total. The molecule has 3 rings (SSSR count). The Labute approximate surface area is 143 Å². The molecule has 2 aromatic carbocycles. The highest BCUT2D eigenvalue weighted by Crippen LogP contribution is 2.32. The van der Waals surface area contributed by atoms with E-state index in [9.17, 15) is 14.7 Å². The van der Waals surface area contributed by atoms with Gasteiger partial charge >= 0.3 is 5.97 Å². The number of pyridine rings is 1. The first-order chi connectivity index (χ1) is 11.5. The van der Waals surface area contributed by atoms with Crippen molar-refractivity contribution in [2.45, 2.75) is 6.92 Å². The molecule has 0 aliphatic carbocycles. The first-order valence-corrected chi connectivity index (χ1v) is 7.83. The van der Waals surface area contributed by atoms with Gasteiger partial charge in [0.1, 0.15) is 0 Å². The van der Waals surface area contributed by atoms with Gasteiger partial charge in [-0.1, -0.05) is 41.9 Å². The second-order valence-electron chi connectivity index (χ2n) is 5.24. The third kappa shape index (κ3) is 2.63. The van der Waals surface area contributed by atoms with Crippen LogP contribution in [0.5, 0.6) is 0 Å². The average molecular weight is 343 g/mol. The molecule has 3 aromatic rings. The number of carboxylic acid groups (broad SMARTS) is 1. The second kappa shape index (κ2) is 6.37. The van der Waals surface area contributed by atoms with Gasteiger partial charge in [-0.3, -0.25) is 4.79 Å². The smallest absolute Gasteiger partial charge is 0.355 e. The summed E-state index contributed by atoms with van der Waals surface area (Å²) in [4.78, 5) is 24.7. The van der Waals surface area contributed by atoms with E-state index in [-0.39, 0.29) is 5.69 Å². The first kappa shape index (κ1) is 16.1. The Balaban J connectivity index is 2.56. The molecule has 6 heteroatoms. The molecule has 0 saturated heterocycles. The first-order valence-electron chi connectivity index (χ1n) is 7.45. The highest BCUT2D eigenvalue weighted by Gasteiger charge is 2.23. The standard InChI is InChI=1S/C18H15ClN2O3/c1-2-20-21-16(18(23)24)15(11-6-4-3-5-7-11)14-10-12(19)8-9-13(14)17(21)22/h3-10,20H,2H2,1H3,(H,23,24). The predicted octanol–water partition coefficient (Wildman–Crippen LogP) is 3.58. The Morgan fingerprint density at radius 1 is 1.17 bits per heavy atom. The number of aromatic nitrogens is 1. The fourth-order valence-electron chi connectivity index (χ4n) is 2.78. The van der Waals surface area contributed by atoms with E-state index in [4.69, 9.17) is 11.6 Å². The van der Waals surface area contributed by atoms with Crippen LogP contribution in [-0.4, -0.2) is 22.3 Å². The zero-order valence-electron chi connectivity index (χ0n) is 12.9. The van der Waals surface area contributed by atoms with Crippen LogP contribution < -0.4 is 11.0 Å². The van der Waals surface area contributed by atoms with Gasteiger partial charge < -0.3 is 10.5 Å². The molecular formula is C18H15ClN2O3. The summed E-state index contributed by atoms with van der Waals surface area (Å²) in [5, 5.41) is 11.1. The highest BCUT2D eigenvalue weighted by molar-refractivity contribution is 6.31. The molecule has 1 heterocycles. The molecule has 0 aliphatic rings. The van der Waals surface area contributed by atoms with Crippen LogP contribution in [0.1, 0.15) is 17.4 Å². The van der Waals surface area contributed by atoms with Crippen molar-refractivity contribution in [3.8, 4) is 11.1 Å². The number of aromatic carboxylic acids is 1. The van der Waals surface area contributed by atoms with E-state index in [1.807, 2.05) is 30.3 Å². The number of fused-ring (bicyclic) bond motifs is 1. The van der Waals surface area contributed by atoms with E-state index in [0.29, 0.717) is 33.5 Å². The van der Waals surface area contributed by atoms with E-state index in [2.05, 4.69) is 5.43 Å². The largest absolute Gasteiger partial charge is 0.476 e. The molecule has 0 amide bonds. The lowest BCUT2D eigenvalue weighted by atomic mass is 9.97. The molecular weight excluding hydrogens is 328 g/mol. The van der Waals surface area contributed by atoms with Gasteiger partial charge in [-0.2, -0.15) is 0 Å². The fourth-order valence-corrected chi connectivity index (χ4v) is 2.95. The van der Waals surface area contributed by atoms with Crippen molar-refractivity contribution in [3.05, 3.63) is 69.6 Å². The van der Waals surface area contributed by atoms with Crippen LogP contribution in [-0.2, 0) is 0 Å². The number of hydrogen-bond donors (Lipinski definition) is 2. The lowest BCUT2D eigenvalue weighted by molar-refractivity contribution is 0.0686. The molecule has 0 spiro atoms. The maximum atomic E-state index is 12.7. The SMILES string of the molecule is CCNn1c(C(=O)O)c(-c2ccccc2)c2cc(Cl)ccc2c1=O. The lowest BCUT2D eigenvalue weighted by Gasteiger charge is -2.18. The van der Waals surface area contributed by atoms with Crippen molar-refractivity contribution < 1.29 is 9.90 Å². The van der Waals surface area contributed by atoms with E-state index in [0.717, 1.165) is 4.68 Å². The second-order valence-corrected chi connectivity index (χ2v) is 5.67. The normalized spacial score (nSPS) is 10.8. The Bertz CT molecular complexity index is 981. The third-order valence-electron chi connectivity index (χ3n) is 3.73. The molecule has 0 aliphatic heterocycles. The van der Waals surface area contributed by atoms with Gasteiger partial charge in [0.25, 0.3) is 5.56 Å². The maximum absolute atomic E-state index is 12.7. The number of nitrogens with zero attached hydrogens (tertiary/aromatic N) is 1. The Kier molecular flexibility index (Phi) is 4.27. The molecule has 2 N–H and O–H groups in total. The predicted molar refractivity (Wildman–Crippen MR) is 95.5 cm³/mol. The minimum absolute atomic E-state index is 0.109. The number of benzene rings is 2. The number of halogens is 1. The topological polar surface area (TPSA) is 71.3 Å². The van der Waals surface area contributed by atoms with Crippen molar-refractivity contribution in [1.29, 1.82) is 0 Å². The summed E-state index contributed by atoms with van der Waals surface area (Å²) in [5.41, 5.74) is 3.47. The summed E-state index contributed by atoms with van der Waals surface area (Å²) in [6, 6.07) is 14.0. The number of carboxylic acids is 1. The summed E-state index contributed by atoms with van der Waals surface area (Å²) in [5.74, 6) is -1.19. The molecule has 0 radical (unpaired) electrons. The van der Waals surface area contributed by atoms with Gasteiger partial charge in [0, 0.05) is 22.5 Å². The van der Waals surface area contributed by atoms with E-state index >= 15 is 0 Å². The summed E-state index contributed by atoms with van der Waals surface area (Å²) >= 11 is 6.09. The number of hydrogen-bond acceptors (Lipinski definition) is 3. The zero-order chi connectivity index (χ0) is 17.3. The molecule has 0 saturated carbocycles. The molecule has 24 heavy (non-hydrogen) atoms. The van der Waals surface area contributed by atoms with Gasteiger partial charge in [0.05, 0.1) is 0 Å². The van der Waals surface area contributed by atoms with Crippen molar-refractivity contribution in [2.24, 2.45) is 0 Å². The van der Waals surface area contributed by atoms with Crippen molar-refractivity contribution in [2.75, 3.05) is 12.0 Å². The van der Waals surface area contributed by atoms with Gasteiger partial charge in [-0.15, -0.1) is 0 Å². The van der Waals surface area contributed by atoms with Crippen LogP contribution in [0.4, 0.5) is 0 Å². The molecule has 0 atom stereocenters. The van der Waals surface area contributed by atoms with Crippen LogP contribution in [0.3, 0.4) is 0 Å². The van der Waals surface area contributed by atoms with Crippen molar-refractivity contribution in [3.63, 3.8) is 0 Å². The van der Waals surface area contributed by atoms with E-state index < -0.39 is 11.5 Å². The van der Waals surface area contributed by atoms with Gasteiger partial charge in [-0.25, -0.2) is 9.47 Å².